The summed E-state index contributed by atoms with van der Waals surface area (Å²) in [7, 11) is 0. The third-order valence-corrected chi connectivity index (χ3v) is 3.34. The second-order valence-corrected chi connectivity index (χ2v) is 4.74. The van der Waals surface area contributed by atoms with E-state index in [9.17, 15) is 4.79 Å². The number of carbonyl (C=O) groups is 1. The largest absolute Gasteiger partial charge is 0.398 e. The molecule has 0 saturated carbocycles. The summed E-state index contributed by atoms with van der Waals surface area (Å²) in [4.78, 5) is 12.3. The van der Waals surface area contributed by atoms with Crippen molar-refractivity contribution in [2.24, 2.45) is 0 Å². The fraction of sp³-hybridized carbons (Fsp3) is 0.188. The lowest BCUT2D eigenvalue weighted by atomic mass is 10.0. The molecular formula is C16H18N2O. The molecule has 0 aromatic heterocycles. The third kappa shape index (κ3) is 2.60. The highest BCUT2D eigenvalue weighted by atomic mass is 16.1. The van der Waals surface area contributed by atoms with Crippen molar-refractivity contribution in [2.75, 3.05) is 11.1 Å². The molecule has 2 aromatic carbocycles. The molecule has 3 N–H and O–H groups in total. The summed E-state index contributed by atoms with van der Waals surface area (Å²) in [6.45, 7) is 5.82. The molecule has 0 bridgehead atoms. The smallest absolute Gasteiger partial charge is 0.256 e. The van der Waals surface area contributed by atoms with Crippen molar-refractivity contribution in [1.82, 2.24) is 0 Å². The summed E-state index contributed by atoms with van der Waals surface area (Å²) in [5, 5.41) is 2.97. The average Bonchev–Trinajstić information content (AvgIpc) is 2.37. The molecule has 2 rings (SSSR count). The quantitative estimate of drug-likeness (QED) is 0.806. The summed E-state index contributed by atoms with van der Waals surface area (Å²) in [6, 6.07) is 11.3. The summed E-state index contributed by atoms with van der Waals surface area (Å²) in [5.41, 5.74) is 10.9. The zero-order valence-electron chi connectivity index (χ0n) is 11.4. The van der Waals surface area contributed by atoms with Crippen LogP contribution in [0.2, 0.25) is 0 Å². The number of para-hydroxylation sites is 1. The Hall–Kier alpha value is -2.29. The van der Waals surface area contributed by atoms with Gasteiger partial charge in [0.25, 0.3) is 5.91 Å². The van der Waals surface area contributed by atoms with Crippen molar-refractivity contribution in [3.05, 3.63) is 58.7 Å². The van der Waals surface area contributed by atoms with Gasteiger partial charge in [0.15, 0.2) is 0 Å². The second-order valence-electron chi connectivity index (χ2n) is 4.74. The van der Waals surface area contributed by atoms with Gasteiger partial charge >= 0.3 is 0 Å². The number of aryl methyl sites for hydroxylation is 2. The second kappa shape index (κ2) is 5.14. The van der Waals surface area contributed by atoms with E-state index in [0.717, 1.165) is 22.4 Å². The number of amides is 1. The lowest BCUT2D eigenvalue weighted by molar-refractivity contribution is 0.102. The van der Waals surface area contributed by atoms with E-state index in [4.69, 9.17) is 5.73 Å². The predicted molar refractivity (Wildman–Crippen MR) is 79.5 cm³/mol. The van der Waals surface area contributed by atoms with Gasteiger partial charge in [-0.1, -0.05) is 24.3 Å². The highest BCUT2D eigenvalue weighted by molar-refractivity contribution is 6.06. The van der Waals surface area contributed by atoms with Crippen LogP contribution in [0.3, 0.4) is 0 Å². The number of anilines is 2. The molecule has 0 unspecified atom stereocenters. The van der Waals surface area contributed by atoms with Crippen molar-refractivity contribution in [2.45, 2.75) is 20.8 Å². The van der Waals surface area contributed by atoms with Gasteiger partial charge in [-0.3, -0.25) is 4.79 Å². The Morgan fingerprint density at radius 2 is 1.58 bits per heavy atom. The van der Waals surface area contributed by atoms with Gasteiger partial charge in [-0.05, 0) is 49.6 Å². The number of benzene rings is 2. The van der Waals surface area contributed by atoms with Crippen molar-refractivity contribution < 1.29 is 4.79 Å². The molecule has 0 aliphatic heterocycles. The molecule has 19 heavy (non-hydrogen) atoms. The van der Waals surface area contributed by atoms with Crippen LogP contribution in [0.15, 0.2) is 36.4 Å². The van der Waals surface area contributed by atoms with Gasteiger partial charge in [0.1, 0.15) is 0 Å². The van der Waals surface area contributed by atoms with E-state index in [0.29, 0.717) is 11.3 Å². The Bertz CT molecular complexity index is 612. The summed E-state index contributed by atoms with van der Waals surface area (Å²) >= 11 is 0. The lowest BCUT2D eigenvalue weighted by Gasteiger charge is -2.13. The zero-order valence-corrected chi connectivity index (χ0v) is 11.4. The van der Waals surface area contributed by atoms with E-state index < -0.39 is 0 Å². The molecule has 0 radical (unpaired) electrons. The van der Waals surface area contributed by atoms with Crippen molar-refractivity contribution in [1.29, 1.82) is 0 Å². The third-order valence-electron chi connectivity index (χ3n) is 3.34. The minimum atomic E-state index is -0.123. The van der Waals surface area contributed by atoms with E-state index in [1.807, 2.05) is 39.0 Å². The molecule has 3 nitrogen and oxygen atoms in total. The molecule has 98 valence electrons. The molecule has 0 saturated heterocycles. The zero-order chi connectivity index (χ0) is 14.0. The Kier molecular flexibility index (Phi) is 3.56. The molecule has 3 heteroatoms. The number of hydrogen-bond donors (Lipinski definition) is 2. The van der Waals surface area contributed by atoms with Crippen LogP contribution >= 0.6 is 0 Å². The molecule has 0 heterocycles. The average molecular weight is 254 g/mol. The number of nitrogens with one attached hydrogen (secondary N) is 1. The molecule has 0 atom stereocenters. The molecular weight excluding hydrogens is 236 g/mol. The fourth-order valence-electron chi connectivity index (χ4n) is 2.09. The first-order valence-corrected chi connectivity index (χ1v) is 6.23. The van der Waals surface area contributed by atoms with Gasteiger partial charge in [-0.2, -0.15) is 0 Å². The van der Waals surface area contributed by atoms with E-state index in [1.165, 1.54) is 0 Å². The maximum absolute atomic E-state index is 12.3. The number of nitrogen functional groups attached to an aromatic ring is 1. The van der Waals surface area contributed by atoms with E-state index in [2.05, 4.69) is 5.32 Å². The topological polar surface area (TPSA) is 55.1 Å². The van der Waals surface area contributed by atoms with E-state index >= 15 is 0 Å². The van der Waals surface area contributed by atoms with Crippen LogP contribution in [0.1, 0.15) is 27.0 Å². The van der Waals surface area contributed by atoms with Crippen molar-refractivity contribution in [3.63, 3.8) is 0 Å². The number of rotatable bonds is 2. The predicted octanol–water partition coefficient (Wildman–Crippen LogP) is 3.45. The van der Waals surface area contributed by atoms with Gasteiger partial charge < -0.3 is 11.1 Å². The standard InChI is InChI=1S/C16H18N2O/c1-10-6-4-7-11(2)15(10)18-16(19)13-8-5-9-14(17)12(13)3/h4-9H,17H2,1-3H3,(H,18,19). The Morgan fingerprint density at radius 1 is 1.00 bits per heavy atom. The van der Waals surface area contributed by atoms with E-state index in [-0.39, 0.29) is 5.91 Å². The number of hydrogen-bond acceptors (Lipinski definition) is 2. The van der Waals surface area contributed by atoms with Crippen LogP contribution < -0.4 is 11.1 Å². The molecule has 0 fully saturated rings. The monoisotopic (exact) mass is 254 g/mol. The first-order chi connectivity index (χ1) is 9.00. The molecule has 0 aliphatic rings. The highest BCUT2D eigenvalue weighted by Gasteiger charge is 2.12. The molecule has 1 amide bonds. The minimum absolute atomic E-state index is 0.123. The van der Waals surface area contributed by atoms with Gasteiger partial charge in [-0.25, -0.2) is 0 Å². The van der Waals surface area contributed by atoms with Crippen LogP contribution in [-0.4, -0.2) is 5.91 Å². The SMILES string of the molecule is Cc1cccc(C)c1NC(=O)c1cccc(N)c1C. The van der Waals surface area contributed by atoms with Crippen LogP contribution in [0, 0.1) is 20.8 Å². The van der Waals surface area contributed by atoms with Crippen molar-refractivity contribution in [3.8, 4) is 0 Å². The van der Waals surface area contributed by atoms with Crippen molar-refractivity contribution >= 4 is 17.3 Å². The number of carbonyl (C=O) groups excluding carboxylic acids is 1. The van der Waals surface area contributed by atoms with Gasteiger partial charge in [-0.15, -0.1) is 0 Å². The van der Waals surface area contributed by atoms with Crippen LogP contribution in [0.4, 0.5) is 11.4 Å². The normalized spacial score (nSPS) is 10.3. The fourth-order valence-corrected chi connectivity index (χ4v) is 2.09. The van der Waals surface area contributed by atoms with Gasteiger partial charge in [0, 0.05) is 16.9 Å². The van der Waals surface area contributed by atoms with Crippen LogP contribution in [0.5, 0.6) is 0 Å². The minimum Gasteiger partial charge on any atom is -0.398 e. The van der Waals surface area contributed by atoms with Crippen LogP contribution in [-0.2, 0) is 0 Å². The Morgan fingerprint density at radius 3 is 2.21 bits per heavy atom. The van der Waals surface area contributed by atoms with E-state index in [1.54, 1.807) is 18.2 Å². The lowest BCUT2D eigenvalue weighted by Crippen LogP contribution is -2.15. The van der Waals surface area contributed by atoms with Gasteiger partial charge in [0.05, 0.1) is 0 Å². The number of nitrogens with two attached hydrogens (primary N) is 1. The Balaban J connectivity index is 2.34. The highest BCUT2D eigenvalue weighted by Crippen LogP contribution is 2.22. The molecule has 0 aliphatic carbocycles. The maximum Gasteiger partial charge on any atom is 0.256 e. The first kappa shape index (κ1) is 13.1. The maximum atomic E-state index is 12.3. The first-order valence-electron chi connectivity index (χ1n) is 6.23. The van der Waals surface area contributed by atoms with Gasteiger partial charge in [0.2, 0.25) is 0 Å². The van der Waals surface area contributed by atoms with Crippen LogP contribution in [0.25, 0.3) is 0 Å². The summed E-state index contributed by atoms with van der Waals surface area (Å²) < 4.78 is 0. The molecule has 2 aromatic rings. The summed E-state index contributed by atoms with van der Waals surface area (Å²) in [6.07, 6.45) is 0. The summed E-state index contributed by atoms with van der Waals surface area (Å²) in [5.74, 6) is -0.123. The molecule has 0 spiro atoms. The Labute approximate surface area is 113 Å².